The molecule has 1 unspecified atom stereocenters. The van der Waals surface area contributed by atoms with Crippen LogP contribution in [0.1, 0.15) is 62.6 Å². The maximum atomic E-state index is 14.7. The highest BCUT2D eigenvalue weighted by Crippen LogP contribution is 2.25. The summed E-state index contributed by atoms with van der Waals surface area (Å²) in [6, 6.07) is 14.6. The lowest BCUT2D eigenvalue weighted by atomic mass is 9.96. The Morgan fingerprint density at radius 3 is 1.81 bits per heavy atom. The zero-order chi connectivity index (χ0) is 62.1. The first-order valence-electron chi connectivity index (χ1n) is 26.7. The Hall–Kier alpha value is -7.64. The highest BCUT2D eigenvalue weighted by Gasteiger charge is 2.41. The van der Waals surface area contributed by atoms with Crippen molar-refractivity contribution in [2.45, 2.75) is 131 Å². The van der Waals surface area contributed by atoms with Crippen LogP contribution in [0.4, 0.5) is 0 Å². The molecule has 0 bridgehead atoms. The van der Waals surface area contributed by atoms with Crippen LogP contribution >= 0.6 is 21.6 Å². The smallest absolute Gasteiger partial charge is 0.336 e. The summed E-state index contributed by atoms with van der Waals surface area (Å²) in [5, 5.41) is 84.3. The number of aliphatic hydroxyl groups is 4. The fourth-order valence-corrected chi connectivity index (χ4v) is 10.8. The van der Waals surface area contributed by atoms with Crippen molar-refractivity contribution in [1.82, 2.24) is 42.2 Å². The molecule has 1 fully saturated rings. The zero-order valence-corrected chi connectivity index (χ0v) is 47.7. The number of carbonyl (C=O) groups excluding carboxylic acids is 7. The van der Waals surface area contributed by atoms with Crippen LogP contribution in [-0.2, 0) is 67.2 Å². The average Bonchev–Trinajstić information content (AvgIpc) is 4.11. The van der Waals surface area contributed by atoms with E-state index >= 15 is 0 Å². The van der Waals surface area contributed by atoms with Gasteiger partial charge in [-0.25, -0.2) is 4.79 Å². The van der Waals surface area contributed by atoms with Crippen molar-refractivity contribution >= 4 is 91.7 Å². The molecule has 0 radical (unpaired) electrons. The molecule has 27 nitrogen and oxygen atoms in total. The number of hydrogen-bond acceptors (Lipinski definition) is 18. The van der Waals surface area contributed by atoms with Crippen LogP contribution in [0.5, 0.6) is 0 Å². The van der Waals surface area contributed by atoms with Gasteiger partial charge in [-0.3, -0.25) is 43.2 Å². The van der Waals surface area contributed by atoms with Gasteiger partial charge in [0.1, 0.15) is 36.3 Å². The number of hydrogen-bond donors (Lipinski definition) is 17. The quantitative estimate of drug-likeness (QED) is 0.0297. The van der Waals surface area contributed by atoms with Crippen LogP contribution in [0, 0.1) is 0 Å². The second-order valence-corrected chi connectivity index (χ2v) is 22.5. The summed E-state index contributed by atoms with van der Waals surface area (Å²) in [6.45, 7) is 2.23. The Morgan fingerprint density at radius 2 is 1.24 bits per heavy atom. The van der Waals surface area contributed by atoms with Crippen molar-refractivity contribution in [3.63, 3.8) is 0 Å². The van der Waals surface area contributed by atoms with Gasteiger partial charge in [0.15, 0.2) is 5.60 Å². The molecule has 1 aromatic heterocycles. The van der Waals surface area contributed by atoms with Gasteiger partial charge in [-0.1, -0.05) is 100 Å². The van der Waals surface area contributed by atoms with E-state index in [4.69, 9.17) is 31.9 Å². The minimum absolute atomic E-state index is 0.0340. The molecule has 2 heterocycles. The van der Waals surface area contributed by atoms with Crippen molar-refractivity contribution in [2.75, 3.05) is 24.7 Å². The molecule has 0 spiro atoms. The molecule has 1 aliphatic heterocycles. The van der Waals surface area contributed by atoms with Crippen LogP contribution < -0.4 is 48.7 Å². The first-order chi connectivity index (χ1) is 39.8. The van der Waals surface area contributed by atoms with E-state index in [-0.39, 0.29) is 43.7 Å². The molecule has 1 aliphatic rings. The minimum atomic E-state index is -2.74. The number of aliphatic hydroxyl groups excluding tert-OH is 3. The van der Waals surface area contributed by atoms with Gasteiger partial charge in [0.25, 0.3) is 0 Å². The number of H-pyrrole nitrogens is 1. The number of benzene rings is 3. The first kappa shape index (κ1) is 68.9. The Labute approximate surface area is 491 Å². The number of aromatic amines is 1. The number of carboxylic acid groups (broad SMARTS) is 3. The van der Waals surface area contributed by atoms with Crippen molar-refractivity contribution in [3.8, 4) is 0 Å². The predicted octanol–water partition coefficient (Wildman–Crippen LogP) is -2.05. The lowest BCUT2D eigenvalue weighted by molar-refractivity contribution is -0.170. The number of carboxylic acids is 3. The van der Waals surface area contributed by atoms with Gasteiger partial charge in [-0.15, -0.1) is 0 Å². The lowest BCUT2D eigenvalue weighted by Gasteiger charge is -2.29. The average molecular weight is 1210 g/mol. The molecule has 29 heteroatoms. The fraction of sp³-hybridized carbons (Fsp3) is 0.455. The summed E-state index contributed by atoms with van der Waals surface area (Å²) in [5.41, 5.74) is 12.3. The predicted molar refractivity (Wildman–Crippen MR) is 309 cm³/mol. The molecular formula is C55H74N10O17S2. The molecule has 0 aliphatic carbocycles. The number of rotatable bonds is 22. The third-order valence-corrected chi connectivity index (χ3v) is 15.6. The van der Waals surface area contributed by atoms with E-state index in [1.807, 2.05) is 30.3 Å². The van der Waals surface area contributed by atoms with Gasteiger partial charge in [0.2, 0.25) is 41.4 Å². The van der Waals surface area contributed by atoms with Gasteiger partial charge < -0.3 is 89.4 Å². The summed E-state index contributed by atoms with van der Waals surface area (Å²) in [7, 11) is 2.06. The molecule has 1 saturated heterocycles. The molecule has 458 valence electrons. The maximum Gasteiger partial charge on any atom is 0.336 e. The van der Waals surface area contributed by atoms with Gasteiger partial charge >= 0.3 is 17.9 Å². The number of para-hydroxylation sites is 1. The van der Waals surface area contributed by atoms with E-state index in [2.05, 4.69) is 42.2 Å². The normalized spacial score (nSPS) is 21.0. The van der Waals surface area contributed by atoms with Crippen molar-refractivity contribution < 1.29 is 83.7 Å². The van der Waals surface area contributed by atoms with Crippen molar-refractivity contribution in [1.29, 1.82) is 0 Å². The number of unbranched alkanes of at least 4 members (excludes halogenated alkanes) is 1. The zero-order valence-electron chi connectivity index (χ0n) is 46.1. The van der Waals surface area contributed by atoms with Gasteiger partial charge in [-0.05, 0) is 68.8 Å². The van der Waals surface area contributed by atoms with Crippen LogP contribution in [0.15, 0.2) is 91.1 Å². The van der Waals surface area contributed by atoms with Crippen LogP contribution in [0.3, 0.4) is 0 Å². The third kappa shape index (κ3) is 22.2. The summed E-state index contributed by atoms with van der Waals surface area (Å²) in [4.78, 5) is 133. The summed E-state index contributed by atoms with van der Waals surface area (Å²) < 4.78 is 0. The van der Waals surface area contributed by atoms with Gasteiger partial charge in [0, 0.05) is 41.4 Å². The van der Waals surface area contributed by atoms with E-state index in [0.717, 1.165) is 38.1 Å². The van der Waals surface area contributed by atoms with Crippen LogP contribution in [0.25, 0.3) is 10.9 Å². The number of amides is 7. The molecule has 7 amide bonds. The Balaban J connectivity index is 0.00000103. The standard InChI is InChI=1S/C49H66N10O10S2.C6H8O7/c1-28(61)39(25-60)56-48(68)41-27-71-70-26-40(57-43(63)34(51)21-30-13-5-3-6-14-30)47(67)54-37(22-31-15-7-4-8-16-31)45(65)55-38(23-32-24-52-35-18-10-9-17-33(32)35)46(66)53-36(19-11-12-20-50)44(64)59-42(29(2)62)49(69)58-41;7-3(8)1-6(13,5(11)12)2-4(9)10/h3-10,13-18,24,28-29,34,36-42,52,60-62H,11-12,19-23,25-27,50-51H2,1-2H3,(H,53,66)(H,54,67)(H,55,65)(H,56,68)(H,57,63)(H,58,69)(H,59,64);13H,1-2H2,(H,7,8)(H,9,10)(H,11,12)/t28-,29?,34-,36+,37+,38-,39-,40+,41+,42+;/m1./s1. The van der Waals surface area contributed by atoms with Gasteiger partial charge in [0.05, 0.1) is 43.7 Å². The SMILES string of the molecule is CC(O)[C@@H]1NC(=O)[C@H](CCCCN)NC(=O)[C@@H](Cc2c[nH]c3ccccc23)NC(=O)[C@H](Cc2ccccc2)NC(=O)[C@@H](NC(=O)[C@H](N)Cc2ccccc2)CSSC[C@@H](C(=O)N[C@H](CO)[C@@H](C)O)NC1=O.O=C(O)CC(O)(CC(=O)O)C(=O)O. The second-order valence-electron chi connectivity index (χ2n) is 20.0. The highest BCUT2D eigenvalue weighted by molar-refractivity contribution is 8.76. The van der Waals surface area contributed by atoms with E-state index in [1.165, 1.54) is 13.8 Å². The molecule has 19 N–H and O–H groups in total. The minimum Gasteiger partial charge on any atom is -0.481 e. The number of aromatic nitrogens is 1. The molecule has 5 rings (SSSR count). The maximum absolute atomic E-state index is 14.7. The number of nitrogens with one attached hydrogen (secondary N) is 8. The Bertz CT molecular complexity index is 2850. The number of nitrogens with two attached hydrogens (primary N) is 2. The topological polar surface area (TPSA) is 464 Å². The molecule has 0 saturated carbocycles. The summed E-state index contributed by atoms with van der Waals surface area (Å²) in [6.07, 6.45) is -2.44. The van der Waals surface area contributed by atoms with Crippen LogP contribution in [-0.4, -0.2) is 191 Å². The monoisotopic (exact) mass is 1210 g/mol. The lowest BCUT2D eigenvalue weighted by Crippen LogP contribution is -2.62. The van der Waals surface area contributed by atoms with E-state index < -0.39 is 145 Å². The summed E-state index contributed by atoms with van der Waals surface area (Å²) >= 11 is 0. The number of carbonyl (C=O) groups is 10. The van der Waals surface area contributed by atoms with E-state index in [0.29, 0.717) is 24.0 Å². The number of fused-ring (bicyclic) bond motifs is 1. The first-order valence-corrected chi connectivity index (χ1v) is 29.2. The highest BCUT2D eigenvalue weighted by atomic mass is 33.1. The summed E-state index contributed by atoms with van der Waals surface area (Å²) in [5.74, 6) is -11.0. The molecule has 10 atom stereocenters. The fourth-order valence-electron chi connectivity index (χ4n) is 8.44. The molecule has 3 aromatic carbocycles. The second kappa shape index (κ2) is 34.2. The van der Waals surface area contributed by atoms with E-state index in [9.17, 15) is 63.3 Å². The van der Waals surface area contributed by atoms with Crippen molar-refractivity contribution in [3.05, 3.63) is 108 Å². The Morgan fingerprint density at radius 1 is 0.690 bits per heavy atom. The molecule has 4 aromatic rings. The van der Waals surface area contributed by atoms with Crippen LogP contribution in [0.2, 0.25) is 0 Å². The largest absolute Gasteiger partial charge is 0.481 e. The molecule has 84 heavy (non-hydrogen) atoms. The third-order valence-electron chi connectivity index (χ3n) is 13.1. The molecular weight excluding hydrogens is 1140 g/mol. The van der Waals surface area contributed by atoms with E-state index in [1.54, 1.807) is 60.8 Å². The van der Waals surface area contributed by atoms with Gasteiger partial charge in [-0.2, -0.15) is 0 Å². The Kier molecular flexibility index (Phi) is 28.0. The number of aliphatic carboxylic acids is 3. The van der Waals surface area contributed by atoms with Crippen molar-refractivity contribution in [2.24, 2.45) is 11.5 Å².